The number of hydrogen-bond donors (Lipinski definition) is 0. The van der Waals surface area contributed by atoms with Crippen molar-refractivity contribution in [2.75, 3.05) is 33.4 Å². The summed E-state index contributed by atoms with van der Waals surface area (Å²) >= 11 is 0. The van der Waals surface area contributed by atoms with Gasteiger partial charge in [0.15, 0.2) is 11.6 Å². The molecule has 6 heteroatoms. The summed E-state index contributed by atoms with van der Waals surface area (Å²) in [7, 11) is 1.77. The predicted octanol–water partition coefficient (Wildman–Crippen LogP) is 5.15. The van der Waals surface area contributed by atoms with E-state index in [-0.39, 0.29) is 6.10 Å². The van der Waals surface area contributed by atoms with Crippen molar-refractivity contribution < 1.29 is 9.47 Å². The van der Waals surface area contributed by atoms with Crippen molar-refractivity contribution in [2.45, 2.75) is 51.2 Å². The second-order valence-electron chi connectivity index (χ2n) is 8.70. The van der Waals surface area contributed by atoms with Crippen LogP contribution in [0.3, 0.4) is 0 Å². The molecule has 2 heterocycles. The van der Waals surface area contributed by atoms with Gasteiger partial charge in [0.05, 0.1) is 0 Å². The monoisotopic (exact) mass is 448 g/mol. The van der Waals surface area contributed by atoms with Gasteiger partial charge in [0.25, 0.3) is 0 Å². The lowest BCUT2D eigenvalue weighted by Gasteiger charge is -2.33. The van der Waals surface area contributed by atoms with E-state index in [1.54, 1.807) is 7.11 Å². The zero-order chi connectivity index (χ0) is 22.9. The highest BCUT2D eigenvalue weighted by atomic mass is 16.5. The van der Waals surface area contributed by atoms with Crippen molar-refractivity contribution in [2.24, 2.45) is 0 Å². The van der Waals surface area contributed by atoms with Gasteiger partial charge in [0.2, 0.25) is 0 Å². The summed E-state index contributed by atoms with van der Waals surface area (Å²) in [4.78, 5) is 2.61. The highest BCUT2D eigenvalue weighted by Gasteiger charge is 2.24. The van der Waals surface area contributed by atoms with E-state index in [4.69, 9.17) is 9.47 Å². The third-order valence-electron chi connectivity index (χ3n) is 6.49. The fourth-order valence-corrected chi connectivity index (χ4v) is 4.79. The molecule has 1 aromatic heterocycles. The molecule has 0 spiro atoms. The first-order valence-corrected chi connectivity index (χ1v) is 12.2. The largest absolute Gasteiger partial charge is 0.374 e. The molecular weight excluding hydrogens is 412 g/mol. The lowest BCUT2D eigenvalue weighted by Crippen LogP contribution is -2.35. The van der Waals surface area contributed by atoms with Crippen LogP contribution in [0.2, 0.25) is 0 Å². The molecule has 4 rings (SSSR count). The van der Waals surface area contributed by atoms with Gasteiger partial charge in [-0.3, -0.25) is 4.57 Å². The Morgan fingerprint density at radius 2 is 1.79 bits per heavy atom. The Balaban J connectivity index is 1.40. The van der Waals surface area contributed by atoms with Crippen molar-refractivity contribution in [3.63, 3.8) is 0 Å². The Labute approximate surface area is 197 Å². The lowest BCUT2D eigenvalue weighted by molar-refractivity contribution is 0.0792. The Morgan fingerprint density at radius 3 is 2.52 bits per heavy atom. The van der Waals surface area contributed by atoms with E-state index in [0.717, 1.165) is 43.3 Å². The number of piperidine rings is 1. The van der Waals surface area contributed by atoms with Crippen molar-refractivity contribution in [1.82, 2.24) is 19.7 Å². The molecule has 1 aliphatic heterocycles. The van der Waals surface area contributed by atoms with E-state index in [0.29, 0.717) is 19.1 Å². The van der Waals surface area contributed by atoms with Crippen LogP contribution in [-0.4, -0.2) is 53.0 Å². The Morgan fingerprint density at radius 1 is 1.03 bits per heavy atom. The molecule has 0 N–H and O–H groups in total. The van der Waals surface area contributed by atoms with Gasteiger partial charge in [-0.2, -0.15) is 0 Å². The smallest absolute Gasteiger partial charge is 0.166 e. The van der Waals surface area contributed by atoms with Crippen molar-refractivity contribution in [3.05, 3.63) is 77.9 Å². The van der Waals surface area contributed by atoms with Crippen LogP contribution in [0.5, 0.6) is 0 Å². The maximum Gasteiger partial charge on any atom is 0.166 e. The second kappa shape index (κ2) is 12.1. The second-order valence-corrected chi connectivity index (χ2v) is 8.70. The standard InChI is InChI=1S/C27H36N4O2/c1-3-33-21-26-28-29-27(31(26)24-15-8-5-9-16-24)25(32-2)17-11-19-30-18-10-14-23(20-30)22-12-6-4-7-13-22/h4-9,12-13,15-16,23,25H,3,10-11,14,17-21H2,1-2H3. The highest BCUT2D eigenvalue weighted by Crippen LogP contribution is 2.28. The van der Waals surface area contributed by atoms with Crippen molar-refractivity contribution in [3.8, 4) is 5.69 Å². The van der Waals surface area contributed by atoms with Gasteiger partial charge in [-0.1, -0.05) is 48.5 Å². The van der Waals surface area contributed by atoms with E-state index in [1.165, 1.54) is 24.9 Å². The number of para-hydroxylation sites is 1. The summed E-state index contributed by atoms with van der Waals surface area (Å²) in [6.07, 6.45) is 4.40. The number of methoxy groups -OCH3 is 1. The van der Waals surface area contributed by atoms with Crippen LogP contribution in [0.15, 0.2) is 60.7 Å². The average molecular weight is 449 g/mol. The first-order valence-electron chi connectivity index (χ1n) is 12.2. The number of rotatable bonds is 11. The summed E-state index contributed by atoms with van der Waals surface area (Å²) in [5.41, 5.74) is 2.51. The summed E-state index contributed by atoms with van der Waals surface area (Å²) in [5.74, 6) is 2.29. The number of benzene rings is 2. The van der Waals surface area contributed by atoms with Crippen LogP contribution in [0.4, 0.5) is 0 Å². The van der Waals surface area contributed by atoms with Crippen molar-refractivity contribution >= 4 is 0 Å². The van der Waals surface area contributed by atoms with Gasteiger partial charge in [0, 0.05) is 25.9 Å². The molecular formula is C27H36N4O2. The van der Waals surface area contributed by atoms with Gasteiger partial charge < -0.3 is 14.4 Å². The van der Waals surface area contributed by atoms with Crippen LogP contribution in [-0.2, 0) is 16.1 Å². The molecule has 176 valence electrons. The quantitative estimate of drug-likeness (QED) is 0.406. The minimum atomic E-state index is -0.109. The summed E-state index contributed by atoms with van der Waals surface area (Å²) < 4.78 is 13.7. The van der Waals surface area contributed by atoms with Gasteiger partial charge >= 0.3 is 0 Å². The number of hydrogen-bond acceptors (Lipinski definition) is 5. The van der Waals surface area contributed by atoms with E-state index in [9.17, 15) is 0 Å². The molecule has 0 radical (unpaired) electrons. The molecule has 0 saturated carbocycles. The minimum absolute atomic E-state index is 0.109. The van der Waals surface area contributed by atoms with E-state index >= 15 is 0 Å². The fraction of sp³-hybridized carbons (Fsp3) is 0.481. The number of likely N-dealkylation sites (tertiary alicyclic amines) is 1. The molecule has 2 unspecified atom stereocenters. The Bertz CT molecular complexity index is 961. The van der Waals surface area contributed by atoms with Crippen LogP contribution in [0, 0.1) is 0 Å². The zero-order valence-corrected chi connectivity index (χ0v) is 19.9. The maximum absolute atomic E-state index is 5.91. The topological polar surface area (TPSA) is 52.4 Å². The van der Waals surface area contributed by atoms with E-state index in [1.807, 2.05) is 25.1 Å². The minimum Gasteiger partial charge on any atom is -0.374 e. The fourth-order valence-electron chi connectivity index (χ4n) is 4.79. The molecule has 0 bridgehead atoms. The third-order valence-corrected chi connectivity index (χ3v) is 6.49. The van der Waals surface area contributed by atoms with Gasteiger partial charge in [-0.25, -0.2) is 0 Å². The predicted molar refractivity (Wildman–Crippen MR) is 131 cm³/mol. The average Bonchev–Trinajstić information content (AvgIpc) is 3.30. The Hall–Kier alpha value is -2.54. The van der Waals surface area contributed by atoms with Gasteiger partial charge in [-0.15, -0.1) is 10.2 Å². The molecule has 6 nitrogen and oxygen atoms in total. The normalized spacial score (nSPS) is 17.8. The molecule has 0 aliphatic carbocycles. The first-order chi connectivity index (χ1) is 16.3. The van der Waals surface area contributed by atoms with Crippen LogP contribution in [0.25, 0.3) is 5.69 Å². The third kappa shape index (κ3) is 6.08. The molecule has 33 heavy (non-hydrogen) atoms. The molecule has 1 saturated heterocycles. The molecule has 3 aromatic rings. The maximum atomic E-state index is 5.91. The molecule has 2 atom stereocenters. The van der Waals surface area contributed by atoms with E-state index in [2.05, 4.69) is 62.1 Å². The van der Waals surface area contributed by atoms with Gasteiger partial charge in [-0.05, 0) is 69.3 Å². The number of nitrogens with zero attached hydrogens (tertiary/aromatic N) is 4. The molecule has 1 aliphatic rings. The SMILES string of the molecule is CCOCc1nnc(C(CCCN2CCCC(c3ccccc3)C2)OC)n1-c1ccccc1. The molecule has 1 fully saturated rings. The zero-order valence-electron chi connectivity index (χ0n) is 19.9. The Kier molecular flexibility index (Phi) is 8.64. The number of aromatic nitrogens is 3. The first kappa shape index (κ1) is 23.6. The molecule has 0 amide bonds. The van der Waals surface area contributed by atoms with Crippen LogP contribution in [0.1, 0.15) is 61.8 Å². The highest BCUT2D eigenvalue weighted by molar-refractivity contribution is 5.34. The van der Waals surface area contributed by atoms with Crippen LogP contribution < -0.4 is 0 Å². The van der Waals surface area contributed by atoms with E-state index < -0.39 is 0 Å². The molecule has 2 aromatic carbocycles. The summed E-state index contributed by atoms with van der Waals surface area (Å²) in [5, 5.41) is 8.97. The lowest BCUT2D eigenvalue weighted by atomic mass is 9.90. The summed E-state index contributed by atoms with van der Waals surface area (Å²) in [6.45, 7) is 6.47. The number of ether oxygens (including phenoxy) is 2. The van der Waals surface area contributed by atoms with Gasteiger partial charge in [0.1, 0.15) is 12.7 Å². The van der Waals surface area contributed by atoms with Crippen LogP contribution >= 0.6 is 0 Å². The summed E-state index contributed by atoms with van der Waals surface area (Å²) in [6, 6.07) is 21.2. The van der Waals surface area contributed by atoms with Crippen molar-refractivity contribution in [1.29, 1.82) is 0 Å².